The van der Waals surface area contributed by atoms with Crippen molar-refractivity contribution >= 4 is 30.0 Å². The number of carboxylic acids is 1. The zero-order valence-corrected chi connectivity index (χ0v) is 16.1. The lowest BCUT2D eigenvalue weighted by molar-refractivity contribution is -0.143. The minimum absolute atomic E-state index is 0. The third-order valence-corrected chi connectivity index (χ3v) is 5.05. The summed E-state index contributed by atoms with van der Waals surface area (Å²) in [7, 11) is 0. The third kappa shape index (κ3) is 5.19. The number of likely N-dealkylation sites (tertiary alicyclic amines) is 1. The molecule has 1 amide bonds. The summed E-state index contributed by atoms with van der Waals surface area (Å²) >= 11 is 0. The number of piperidine rings is 1. The van der Waals surface area contributed by atoms with Gasteiger partial charge in [-0.3, -0.25) is 14.5 Å². The van der Waals surface area contributed by atoms with Crippen molar-refractivity contribution in [1.29, 1.82) is 0 Å². The summed E-state index contributed by atoms with van der Waals surface area (Å²) < 4.78 is 0. The Hall–Kier alpha value is -1.59. The molecule has 1 aromatic rings. The van der Waals surface area contributed by atoms with Crippen molar-refractivity contribution in [3.8, 4) is 0 Å². The number of hydrogen-bond donors (Lipinski definition) is 2. The van der Waals surface area contributed by atoms with Crippen molar-refractivity contribution in [2.45, 2.75) is 52.5 Å². The van der Waals surface area contributed by atoms with Crippen molar-refractivity contribution in [1.82, 2.24) is 4.90 Å². The number of para-hydroxylation sites is 1. The molecular formula is C19H29ClN2O3. The second-order valence-corrected chi connectivity index (χ2v) is 6.47. The Morgan fingerprint density at radius 3 is 2.16 bits per heavy atom. The van der Waals surface area contributed by atoms with Crippen LogP contribution in [-0.2, 0) is 22.4 Å². The van der Waals surface area contributed by atoms with Crippen LogP contribution in [0.2, 0.25) is 0 Å². The van der Waals surface area contributed by atoms with Gasteiger partial charge < -0.3 is 10.4 Å². The van der Waals surface area contributed by atoms with Gasteiger partial charge in [-0.1, -0.05) is 32.0 Å². The molecule has 1 saturated heterocycles. The Kier molecular flexibility index (Phi) is 8.39. The maximum Gasteiger partial charge on any atom is 0.306 e. The summed E-state index contributed by atoms with van der Waals surface area (Å²) in [5.41, 5.74) is 3.25. The van der Waals surface area contributed by atoms with Crippen LogP contribution >= 0.6 is 12.4 Å². The Balaban J connectivity index is 0.00000312. The smallest absolute Gasteiger partial charge is 0.306 e. The summed E-state index contributed by atoms with van der Waals surface area (Å²) in [6, 6.07) is 5.89. The van der Waals surface area contributed by atoms with E-state index < -0.39 is 5.97 Å². The Labute approximate surface area is 156 Å². The van der Waals surface area contributed by atoms with Gasteiger partial charge >= 0.3 is 5.97 Å². The highest BCUT2D eigenvalue weighted by Crippen LogP contribution is 2.24. The fraction of sp³-hybridized carbons (Fsp3) is 0.579. The van der Waals surface area contributed by atoms with Crippen LogP contribution in [0.3, 0.4) is 0 Å². The summed E-state index contributed by atoms with van der Waals surface area (Å²) in [5.74, 6) is -1.01. The molecule has 6 heteroatoms. The molecule has 0 spiro atoms. The molecule has 2 N–H and O–H groups in total. The first kappa shape index (κ1) is 21.5. The lowest BCUT2D eigenvalue weighted by Gasteiger charge is -2.34. The van der Waals surface area contributed by atoms with Crippen molar-refractivity contribution in [2.75, 3.05) is 18.4 Å². The topological polar surface area (TPSA) is 69.6 Å². The van der Waals surface area contributed by atoms with Crippen LogP contribution in [0.5, 0.6) is 0 Å². The number of carboxylic acid groups (broad SMARTS) is 1. The van der Waals surface area contributed by atoms with Gasteiger partial charge in [0.15, 0.2) is 0 Å². The number of carbonyl (C=O) groups excluding carboxylic acids is 1. The number of rotatable bonds is 6. The average molecular weight is 369 g/mol. The molecule has 1 atom stereocenters. The first-order chi connectivity index (χ1) is 11.5. The number of halogens is 1. The number of nitrogens with zero attached hydrogens (tertiary/aromatic N) is 1. The van der Waals surface area contributed by atoms with Gasteiger partial charge in [0.25, 0.3) is 0 Å². The average Bonchev–Trinajstić information content (AvgIpc) is 2.61. The number of aliphatic carboxylic acids is 1. The summed E-state index contributed by atoms with van der Waals surface area (Å²) in [4.78, 5) is 25.8. The maximum atomic E-state index is 12.7. The fourth-order valence-corrected chi connectivity index (χ4v) is 3.33. The van der Waals surface area contributed by atoms with E-state index in [9.17, 15) is 9.59 Å². The van der Waals surface area contributed by atoms with Gasteiger partial charge in [-0.2, -0.15) is 0 Å². The van der Waals surface area contributed by atoms with E-state index in [4.69, 9.17) is 5.11 Å². The molecule has 0 radical (unpaired) electrons. The van der Waals surface area contributed by atoms with Gasteiger partial charge in [0.1, 0.15) is 0 Å². The second-order valence-electron chi connectivity index (χ2n) is 6.47. The van der Waals surface area contributed by atoms with Crippen molar-refractivity contribution in [2.24, 2.45) is 5.92 Å². The molecule has 25 heavy (non-hydrogen) atoms. The van der Waals surface area contributed by atoms with Gasteiger partial charge in [-0.25, -0.2) is 0 Å². The van der Waals surface area contributed by atoms with E-state index in [0.29, 0.717) is 25.9 Å². The van der Waals surface area contributed by atoms with Gasteiger partial charge in [0, 0.05) is 5.69 Å². The molecule has 0 aliphatic carbocycles. The predicted molar refractivity (Wildman–Crippen MR) is 102 cm³/mol. The van der Waals surface area contributed by atoms with Crippen LogP contribution in [0.15, 0.2) is 18.2 Å². The molecule has 2 rings (SSSR count). The van der Waals surface area contributed by atoms with E-state index in [-0.39, 0.29) is 30.3 Å². The molecule has 1 heterocycles. The van der Waals surface area contributed by atoms with Gasteiger partial charge in [0.2, 0.25) is 5.91 Å². The standard InChI is InChI=1S/C19H28N2O3.ClH/c1-4-14-7-6-8-15(5-2)17(14)20-18(22)13(3)21-11-9-16(10-12-21)19(23)24;/h6-8,13,16H,4-5,9-12H2,1-3H3,(H,20,22)(H,23,24);1H. The first-order valence-corrected chi connectivity index (χ1v) is 8.86. The van der Waals surface area contributed by atoms with E-state index in [1.807, 2.05) is 13.0 Å². The second kappa shape index (κ2) is 9.78. The van der Waals surface area contributed by atoms with E-state index >= 15 is 0 Å². The van der Waals surface area contributed by atoms with Crippen molar-refractivity contribution < 1.29 is 14.7 Å². The number of aryl methyl sites for hydroxylation is 2. The quantitative estimate of drug-likeness (QED) is 0.807. The number of amides is 1. The lowest BCUT2D eigenvalue weighted by Crippen LogP contribution is -2.47. The van der Waals surface area contributed by atoms with Crippen LogP contribution in [-0.4, -0.2) is 41.0 Å². The first-order valence-electron chi connectivity index (χ1n) is 8.86. The SMILES string of the molecule is CCc1cccc(CC)c1NC(=O)C(C)N1CCC(C(=O)O)CC1.Cl. The van der Waals surface area contributed by atoms with Crippen LogP contribution in [0.1, 0.15) is 44.7 Å². The maximum absolute atomic E-state index is 12.7. The zero-order valence-electron chi connectivity index (χ0n) is 15.2. The molecule has 0 bridgehead atoms. The molecule has 0 aromatic heterocycles. The number of carbonyl (C=O) groups is 2. The molecule has 1 unspecified atom stereocenters. The van der Waals surface area contributed by atoms with E-state index in [0.717, 1.165) is 29.7 Å². The Morgan fingerprint density at radius 2 is 1.72 bits per heavy atom. The molecule has 1 aliphatic rings. The zero-order chi connectivity index (χ0) is 17.7. The Bertz CT molecular complexity index is 576. The lowest BCUT2D eigenvalue weighted by atomic mass is 9.96. The van der Waals surface area contributed by atoms with Crippen LogP contribution < -0.4 is 5.32 Å². The van der Waals surface area contributed by atoms with E-state index in [2.05, 4.69) is 36.2 Å². The predicted octanol–water partition coefficient (Wildman–Crippen LogP) is 3.36. The molecule has 1 aliphatic heterocycles. The number of benzene rings is 1. The minimum Gasteiger partial charge on any atom is -0.481 e. The number of anilines is 1. The normalized spacial score (nSPS) is 16.8. The molecule has 140 valence electrons. The monoisotopic (exact) mass is 368 g/mol. The van der Waals surface area contributed by atoms with Crippen LogP contribution in [0, 0.1) is 5.92 Å². The van der Waals surface area contributed by atoms with Crippen molar-refractivity contribution in [3.63, 3.8) is 0 Å². The highest BCUT2D eigenvalue weighted by molar-refractivity contribution is 5.96. The molecule has 1 fully saturated rings. The molecular weight excluding hydrogens is 340 g/mol. The number of hydrogen-bond acceptors (Lipinski definition) is 3. The number of nitrogens with one attached hydrogen (secondary N) is 1. The minimum atomic E-state index is -0.726. The van der Waals surface area contributed by atoms with E-state index in [1.54, 1.807) is 0 Å². The highest BCUT2D eigenvalue weighted by Gasteiger charge is 2.29. The summed E-state index contributed by atoms with van der Waals surface area (Å²) in [5, 5.41) is 12.2. The van der Waals surface area contributed by atoms with Crippen LogP contribution in [0.25, 0.3) is 0 Å². The summed E-state index contributed by atoms with van der Waals surface area (Å²) in [6.45, 7) is 7.38. The van der Waals surface area contributed by atoms with E-state index in [1.165, 1.54) is 0 Å². The molecule has 0 saturated carbocycles. The van der Waals surface area contributed by atoms with Crippen molar-refractivity contribution in [3.05, 3.63) is 29.3 Å². The van der Waals surface area contributed by atoms with Gasteiger partial charge in [-0.05, 0) is 56.8 Å². The molecule has 5 nitrogen and oxygen atoms in total. The van der Waals surface area contributed by atoms with Crippen LogP contribution in [0.4, 0.5) is 5.69 Å². The van der Waals surface area contributed by atoms with Gasteiger partial charge in [0.05, 0.1) is 12.0 Å². The van der Waals surface area contributed by atoms with Gasteiger partial charge in [-0.15, -0.1) is 12.4 Å². The highest BCUT2D eigenvalue weighted by atomic mass is 35.5. The third-order valence-electron chi connectivity index (χ3n) is 5.05. The summed E-state index contributed by atoms with van der Waals surface area (Å²) in [6.07, 6.45) is 2.97. The largest absolute Gasteiger partial charge is 0.481 e. The molecule has 1 aromatic carbocycles. The fourth-order valence-electron chi connectivity index (χ4n) is 3.33. The Morgan fingerprint density at radius 1 is 1.20 bits per heavy atom.